The van der Waals surface area contributed by atoms with E-state index in [9.17, 15) is 25.3 Å². The number of nitriles is 1. The Balaban J connectivity index is 1.85. The second-order valence-electron chi connectivity index (χ2n) is 6.29. The predicted molar refractivity (Wildman–Crippen MR) is 108 cm³/mol. The Bertz CT molecular complexity index is 1160. The van der Waals surface area contributed by atoms with E-state index in [0.717, 1.165) is 0 Å². The minimum absolute atomic E-state index is 0.0175. The molecular weight excluding hydrogens is 384 g/mol. The maximum atomic E-state index is 10.9. The van der Waals surface area contributed by atoms with Crippen molar-refractivity contribution >= 4 is 23.3 Å². The van der Waals surface area contributed by atoms with Gasteiger partial charge >= 0.3 is 0 Å². The molecule has 0 heterocycles. The lowest BCUT2D eigenvalue weighted by Crippen LogP contribution is -2.21. The van der Waals surface area contributed by atoms with E-state index >= 15 is 0 Å². The highest BCUT2D eigenvalue weighted by atomic mass is 16.6. The van der Waals surface area contributed by atoms with E-state index in [4.69, 9.17) is 4.74 Å². The molecule has 3 aromatic carbocycles. The van der Waals surface area contributed by atoms with Gasteiger partial charge in [0.15, 0.2) is 0 Å². The lowest BCUT2D eigenvalue weighted by Gasteiger charge is -2.10. The van der Waals surface area contributed by atoms with Crippen molar-refractivity contribution in [2.75, 3.05) is 0 Å². The summed E-state index contributed by atoms with van der Waals surface area (Å²) in [5, 5.41) is 31.4. The van der Waals surface area contributed by atoms with E-state index in [0.29, 0.717) is 28.0 Å². The Kier molecular flexibility index (Phi) is 6.20. The number of nitro benzene ring substituents is 1. The number of nitrogens with zero attached hydrogens (tertiary/aromatic N) is 2. The van der Waals surface area contributed by atoms with Crippen molar-refractivity contribution in [1.29, 1.82) is 5.26 Å². The molecule has 0 aromatic heterocycles. The lowest BCUT2D eigenvalue weighted by molar-refractivity contribution is -0.384. The molecule has 0 aliphatic rings. The molecule has 148 valence electrons. The smallest absolute Gasteiger partial charge is 0.269 e. The van der Waals surface area contributed by atoms with E-state index in [1.165, 1.54) is 36.4 Å². The highest BCUT2D eigenvalue weighted by Crippen LogP contribution is 2.26. The fraction of sp³-hybridized carbons (Fsp3) is 0.0435. The average Bonchev–Trinajstić information content (AvgIpc) is 2.77. The molecule has 7 nitrogen and oxygen atoms in total. The van der Waals surface area contributed by atoms with Crippen LogP contribution < -0.4 is 9.84 Å². The topological polar surface area (TPSA) is 116 Å². The molecule has 0 saturated heterocycles. The van der Waals surface area contributed by atoms with E-state index in [1.54, 1.807) is 42.5 Å². The SMILES string of the molecule is N#C/C(=C\c1ccccc1OCc1cccc([N+](=O)[O-])c1)c1ccc(C(=O)[O-])cc1. The molecule has 0 bridgehead atoms. The molecule has 0 unspecified atom stereocenters. The van der Waals surface area contributed by atoms with E-state index in [2.05, 4.69) is 6.07 Å². The van der Waals surface area contributed by atoms with Crippen molar-refractivity contribution in [3.8, 4) is 11.8 Å². The number of carboxylic acid groups (broad SMARTS) is 1. The molecule has 0 N–H and O–H groups in total. The molecule has 0 amide bonds. The number of non-ortho nitro benzene ring substituents is 1. The molecule has 0 radical (unpaired) electrons. The maximum Gasteiger partial charge on any atom is 0.269 e. The maximum absolute atomic E-state index is 10.9. The van der Waals surface area contributed by atoms with Crippen LogP contribution >= 0.6 is 0 Å². The van der Waals surface area contributed by atoms with Crippen LogP contribution in [-0.4, -0.2) is 10.9 Å². The highest BCUT2D eigenvalue weighted by Gasteiger charge is 2.08. The number of hydrogen-bond acceptors (Lipinski definition) is 6. The van der Waals surface area contributed by atoms with Crippen LogP contribution in [0.4, 0.5) is 5.69 Å². The quantitative estimate of drug-likeness (QED) is 0.259. The number of aromatic carboxylic acids is 1. The fourth-order valence-corrected chi connectivity index (χ4v) is 2.77. The number of hydrogen-bond donors (Lipinski definition) is 0. The summed E-state index contributed by atoms with van der Waals surface area (Å²) in [6, 6.07) is 21.2. The zero-order chi connectivity index (χ0) is 21.5. The second kappa shape index (κ2) is 9.17. The minimum atomic E-state index is -1.29. The van der Waals surface area contributed by atoms with Gasteiger partial charge in [-0.15, -0.1) is 0 Å². The third kappa shape index (κ3) is 4.88. The molecule has 0 fully saturated rings. The molecular formula is C23H15N2O5-. The Morgan fingerprint density at radius 1 is 1.03 bits per heavy atom. The van der Waals surface area contributed by atoms with Gasteiger partial charge in [0, 0.05) is 17.7 Å². The van der Waals surface area contributed by atoms with Crippen LogP contribution in [0.25, 0.3) is 11.6 Å². The van der Waals surface area contributed by atoms with Crippen molar-refractivity contribution in [3.05, 3.63) is 105 Å². The number of allylic oxidation sites excluding steroid dienone is 1. The van der Waals surface area contributed by atoms with Gasteiger partial charge in [0.25, 0.3) is 5.69 Å². The molecule has 7 heteroatoms. The number of carbonyl (C=O) groups is 1. The van der Waals surface area contributed by atoms with E-state index in [1.807, 2.05) is 0 Å². The second-order valence-corrected chi connectivity index (χ2v) is 6.29. The van der Waals surface area contributed by atoms with Crippen molar-refractivity contribution in [1.82, 2.24) is 0 Å². The minimum Gasteiger partial charge on any atom is -0.545 e. The third-order valence-corrected chi connectivity index (χ3v) is 4.29. The van der Waals surface area contributed by atoms with Gasteiger partial charge in [0.2, 0.25) is 0 Å². The third-order valence-electron chi connectivity index (χ3n) is 4.29. The molecule has 30 heavy (non-hydrogen) atoms. The van der Waals surface area contributed by atoms with Crippen LogP contribution in [0.5, 0.6) is 5.75 Å². The zero-order valence-corrected chi connectivity index (χ0v) is 15.6. The molecule has 0 atom stereocenters. The number of benzene rings is 3. The first-order chi connectivity index (χ1) is 14.5. The summed E-state index contributed by atoms with van der Waals surface area (Å²) in [6.45, 7) is 0.120. The monoisotopic (exact) mass is 399 g/mol. The van der Waals surface area contributed by atoms with Crippen molar-refractivity contribution in [3.63, 3.8) is 0 Å². The molecule has 3 aromatic rings. The molecule has 0 aliphatic carbocycles. The standard InChI is InChI=1S/C23H16N2O5/c24-14-20(17-8-10-18(11-9-17)23(26)27)13-19-5-1-2-7-22(19)30-15-16-4-3-6-21(12-16)25(28)29/h1-13H,15H2,(H,26,27)/p-1/b20-13+. The number of carboxylic acids is 1. The number of nitro groups is 1. The Labute approximate surface area is 172 Å². The van der Waals surface area contributed by atoms with E-state index < -0.39 is 10.9 Å². The Hall–Kier alpha value is -4.44. The number of carbonyl (C=O) groups excluding carboxylic acids is 1. The first-order valence-electron chi connectivity index (χ1n) is 8.86. The normalized spacial score (nSPS) is 10.8. The van der Waals surface area contributed by atoms with Gasteiger partial charge in [-0.25, -0.2) is 0 Å². The first kappa shape index (κ1) is 20.3. The van der Waals surface area contributed by atoms with Crippen molar-refractivity contribution in [2.24, 2.45) is 0 Å². The van der Waals surface area contributed by atoms with Crippen molar-refractivity contribution < 1.29 is 19.6 Å². The summed E-state index contributed by atoms with van der Waals surface area (Å²) in [5.41, 5.74) is 2.17. The van der Waals surface area contributed by atoms with Gasteiger partial charge in [-0.05, 0) is 28.8 Å². The summed E-state index contributed by atoms with van der Waals surface area (Å²) in [7, 11) is 0. The Morgan fingerprint density at radius 3 is 2.40 bits per heavy atom. The lowest BCUT2D eigenvalue weighted by atomic mass is 10.0. The summed E-state index contributed by atoms with van der Waals surface area (Å²) in [6.07, 6.45) is 1.64. The van der Waals surface area contributed by atoms with Crippen LogP contribution in [0.15, 0.2) is 72.8 Å². The van der Waals surface area contributed by atoms with Gasteiger partial charge in [0.1, 0.15) is 12.4 Å². The van der Waals surface area contributed by atoms with Gasteiger partial charge < -0.3 is 14.6 Å². The fourth-order valence-electron chi connectivity index (χ4n) is 2.77. The van der Waals surface area contributed by atoms with E-state index in [-0.39, 0.29) is 17.9 Å². The van der Waals surface area contributed by atoms with Gasteiger partial charge in [-0.2, -0.15) is 5.26 Å². The highest BCUT2D eigenvalue weighted by molar-refractivity contribution is 5.92. The van der Waals surface area contributed by atoms with Crippen LogP contribution in [0.3, 0.4) is 0 Å². The van der Waals surface area contributed by atoms with Crippen LogP contribution in [0, 0.1) is 21.4 Å². The molecule has 0 aliphatic heterocycles. The number of ether oxygens (including phenoxy) is 1. The number of rotatable bonds is 7. The molecule has 3 rings (SSSR count). The summed E-state index contributed by atoms with van der Waals surface area (Å²) in [4.78, 5) is 21.3. The first-order valence-corrected chi connectivity index (χ1v) is 8.86. The van der Waals surface area contributed by atoms with Gasteiger partial charge in [-0.3, -0.25) is 10.1 Å². The summed E-state index contributed by atoms with van der Waals surface area (Å²) >= 11 is 0. The van der Waals surface area contributed by atoms with Crippen LogP contribution in [0.1, 0.15) is 27.0 Å². The van der Waals surface area contributed by atoms with Crippen LogP contribution in [0.2, 0.25) is 0 Å². The average molecular weight is 399 g/mol. The Morgan fingerprint density at radius 2 is 1.73 bits per heavy atom. The van der Waals surface area contributed by atoms with Gasteiger partial charge in [0.05, 0.1) is 22.5 Å². The summed E-state index contributed by atoms with van der Waals surface area (Å²) < 4.78 is 5.83. The molecule has 0 saturated carbocycles. The molecule has 0 spiro atoms. The van der Waals surface area contributed by atoms with Gasteiger partial charge in [-0.1, -0.05) is 54.6 Å². The summed E-state index contributed by atoms with van der Waals surface area (Å²) in [5.74, 6) is -0.785. The largest absolute Gasteiger partial charge is 0.545 e. The van der Waals surface area contributed by atoms with Crippen molar-refractivity contribution in [2.45, 2.75) is 6.61 Å². The predicted octanol–water partition coefficient (Wildman–Crippen LogP) is 3.60. The number of para-hydroxylation sites is 1. The zero-order valence-electron chi connectivity index (χ0n) is 15.6. The van der Waals surface area contributed by atoms with Crippen LogP contribution in [-0.2, 0) is 6.61 Å².